The van der Waals surface area contributed by atoms with Gasteiger partial charge in [-0.15, -0.1) is 6.42 Å². The lowest BCUT2D eigenvalue weighted by atomic mass is 10.0. The average Bonchev–Trinajstić information content (AvgIpc) is 3.12. The van der Waals surface area contributed by atoms with E-state index >= 15 is 0 Å². The van der Waals surface area contributed by atoms with Crippen molar-refractivity contribution >= 4 is 5.91 Å². The van der Waals surface area contributed by atoms with Crippen molar-refractivity contribution in [2.45, 2.75) is 31.7 Å². The molecule has 3 heterocycles. The summed E-state index contributed by atoms with van der Waals surface area (Å²) < 4.78 is 5.18. The molecule has 2 aromatic rings. The van der Waals surface area contributed by atoms with Gasteiger partial charge in [0.05, 0.1) is 12.6 Å². The first-order valence-electron chi connectivity index (χ1n) is 8.33. The molecule has 3 rings (SSSR count). The summed E-state index contributed by atoms with van der Waals surface area (Å²) in [5, 5.41) is 6.79. The molecule has 1 fully saturated rings. The van der Waals surface area contributed by atoms with E-state index in [0.29, 0.717) is 37.0 Å². The van der Waals surface area contributed by atoms with Crippen LogP contribution in [0.3, 0.4) is 0 Å². The van der Waals surface area contributed by atoms with Crippen LogP contribution in [0.2, 0.25) is 0 Å². The molecule has 0 aromatic carbocycles. The van der Waals surface area contributed by atoms with Crippen molar-refractivity contribution < 1.29 is 9.32 Å². The fourth-order valence-corrected chi connectivity index (χ4v) is 2.87. The van der Waals surface area contributed by atoms with E-state index in [2.05, 4.69) is 36.2 Å². The van der Waals surface area contributed by atoms with E-state index in [-0.39, 0.29) is 11.9 Å². The predicted molar refractivity (Wildman–Crippen MR) is 90.1 cm³/mol. The summed E-state index contributed by atoms with van der Waals surface area (Å²) in [6.07, 6.45) is 12.0. The molecule has 2 aromatic heterocycles. The number of hydrogen-bond donors (Lipinski definition) is 1. The number of nitrogens with one attached hydrogen (secondary N) is 1. The van der Waals surface area contributed by atoms with Gasteiger partial charge in [0.1, 0.15) is 0 Å². The van der Waals surface area contributed by atoms with Crippen molar-refractivity contribution in [3.63, 3.8) is 0 Å². The SMILES string of the molecule is C#CCN1CCCCC1C(=O)NCCc1nc(-c2ncccn2)no1. The molecule has 1 aliphatic rings. The number of piperidine rings is 1. The number of likely N-dealkylation sites (tertiary alicyclic amines) is 1. The molecule has 1 N–H and O–H groups in total. The van der Waals surface area contributed by atoms with Gasteiger partial charge in [0.2, 0.25) is 23.4 Å². The first-order chi connectivity index (χ1) is 12.3. The van der Waals surface area contributed by atoms with E-state index in [1.807, 2.05) is 0 Å². The third kappa shape index (κ3) is 4.39. The minimum atomic E-state index is -0.152. The van der Waals surface area contributed by atoms with Crippen molar-refractivity contribution in [1.29, 1.82) is 0 Å². The molecule has 0 bridgehead atoms. The second kappa shape index (κ2) is 8.35. The van der Waals surface area contributed by atoms with Crippen molar-refractivity contribution in [2.75, 3.05) is 19.6 Å². The first-order valence-corrected chi connectivity index (χ1v) is 8.33. The largest absolute Gasteiger partial charge is 0.354 e. The minimum absolute atomic E-state index is 0.00100. The van der Waals surface area contributed by atoms with E-state index in [1.165, 1.54) is 0 Å². The van der Waals surface area contributed by atoms with Crippen molar-refractivity contribution in [3.05, 3.63) is 24.4 Å². The Morgan fingerprint density at radius 1 is 1.36 bits per heavy atom. The maximum Gasteiger partial charge on any atom is 0.240 e. The normalized spacial score (nSPS) is 17.8. The highest BCUT2D eigenvalue weighted by atomic mass is 16.5. The van der Waals surface area contributed by atoms with Crippen LogP contribution < -0.4 is 5.32 Å². The Morgan fingerprint density at radius 2 is 2.20 bits per heavy atom. The third-order valence-corrected chi connectivity index (χ3v) is 4.08. The smallest absolute Gasteiger partial charge is 0.240 e. The number of carbonyl (C=O) groups excluding carboxylic acids is 1. The van der Waals surface area contributed by atoms with Crippen LogP contribution in [-0.4, -0.2) is 56.6 Å². The number of amides is 1. The summed E-state index contributed by atoms with van der Waals surface area (Å²) in [4.78, 5) is 26.8. The van der Waals surface area contributed by atoms with Crippen LogP contribution in [0, 0.1) is 12.3 Å². The maximum atomic E-state index is 12.4. The van der Waals surface area contributed by atoms with Crippen LogP contribution >= 0.6 is 0 Å². The van der Waals surface area contributed by atoms with Crippen LogP contribution in [0.1, 0.15) is 25.2 Å². The molecular formula is C17H20N6O2. The van der Waals surface area contributed by atoms with Gasteiger partial charge in [0.15, 0.2) is 0 Å². The summed E-state index contributed by atoms with van der Waals surface area (Å²) >= 11 is 0. The van der Waals surface area contributed by atoms with Crippen molar-refractivity contribution in [3.8, 4) is 24.0 Å². The Bertz CT molecular complexity index is 739. The van der Waals surface area contributed by atoms with Gasteiger partial charge in [-0.2, -0.15) is 4.98 Å². The van der Waals surface area contributed by atoms with E-state index in [4.69, 9.17) is 10.9 Å². The van der Waals surface area contributed by atoms with E-state index < -0.39 is 0 Å². The highest BCUT2D eigenvalue weighted by molar-refractivity contribution is 5.81. The van der Waals surface area contributed by atoms with Gasteiger partial charge < -0.3 is 9.84 Å². The molecule has 1 aliphatic heterocycles. The lowest BCUT2D eigenvalue weighted by Crippen LogP contribution is -2.49. The van der Waals surface area contributed by atoms with Gasteiger partial charge in [-0.25, -0.2) is 9.97 Å². The summed E-state index contributed by atoms with van der Waals surface area (Å²) in [7, 11) is 0. The molecule has 0 radical (unpaired) electrons. The second-order valence-corrected chi connectivity index (χ2v) is 5.81. The van der Waals surface area contributed by atoms with Crippen LogP contribution in [0.25, 0.3) is 11.6 Å². The fraction of sp³-hybridized carbons (Fsp3) is 0.471. The summed E-state index contributed by atoms with van der Waals surface area (Å²) in [6, 6.07) is 1.56. The molecule has 1 unspecified atom stereocenters. The molecule has 25 heavy (non-hydrogen) atoms. The van der Waals surface area contributed by atoms with Gasteiger partial charge in [0, 0.05) is 25.4 Å². The zero-order valence-corrected chi connectivity index (χ0v) is 13.9. The molecule has 130 valence electrons. The third-order valence-electron chi connectivity index (χ3n) is 4.08. The number of rotatable bonds is 6. The highest BCUT2D eigenvalue weighted by Gasteiger charge is 2.27. The van der Waals surface area contributed by atoms with Crippen LogP contribution in [0.5, 0.6) is 0 Å². The van der Waals surface area contributed by atoms with Gasteiger partial charge in [-0.1, -0.05) is 17.5 Å². The molecular weight excluding hydrogens is 320 g/mol. The molecule has 0 spiro atoms. The molecule has 1 amide bonds. The maximum absolute atomic E-state index is 12.4. The number of hydrogen-bond acceptors (Lipinski definition) is 7. The topological polar surface area (TPSA) is 97.0 Å². The fourth-order valence-electron chi connectivity index (χ4n) is 2.87. The molecule has 8 heteroatoms. The zero-order chi connectivity index (χ0) is 17.5. The van der Waals surface area contributed by atoms with Gasteiger partial charge in [-0.3, -0.25) is 9.69 Å². The van der Waals surface area contributed by atoms with Crippen LogP contribution in [0.15, 0.2) is 23.0 Å². The number of carbonyl (C=O) groups is 1. The van der Waals surface area contributed by atoms with Crippen LogP contribution in [-0.2, 0) is 11.2 Å². The quantitative estimate of drug-likeness (QED) is 0.772. The van der Waals surface area contributed by atoms with Crippen molar-refractivity contribution in [1.82, 2.24) is 30.3 Å². The van der Waals surface area contributed by atoms with Gasteiger partial charge in [0.25, 0.3) is 0 Å². The van der Waals surface area contributed by atoms with Crippen LogP contribution in [0.4, 0.5) is 0 Å². The molecule has 1 saturated heterocycles. The van der Waals surface area contributed by atoms with E-state index in [1.54, 1.807) is 18.5 Å². The van der Waals surface area contributed by atoms with Crippen molar-refractivity contribution in [2.24, 2.45) is 0 Å². The molecule has 1 atom stereocenters. The van der Waals surface area contributed by atoms with E-state index in [9.17, 15) is 4.79 Å². The van der Waals surface area contributed by atoms with E-state index in [0.717, 1.165) is 25.8 Å². The summed E-state index contributed by atoms with van der Waals surface area (Å²) in [6.45, 7) is 1.80. The Kier molecular flexibility index (Phi) is 5.69. The summed E-state index contributed by atoms with van der Waals surface area (Å²) in [5.41, 5.74) is 0. The van der Waals surface area contributed by atoms with Gasteiger partial charge >= 0.3 is 0 Å². The monoisotopic (exact) mass is 340 g/mol. The lowest BCUT2D eigenvalue weighted by Gasteiger charge is -2.33. The predicted octanol–water partition coefficient (Wildman–Crippen LogP) is 0.673. The zero-order valence-electron chi connectivity index (χ0n) is 13.9. The number of nitrogens with zero attached hydrogens (tertiary/aromatic N) is 5. The number of terminal acetylenes is 1. The Morgan fingerprint density at radius 3 is 3.00 bits per heavy atom. The highest BCUT2D eigenvalue weighted by Crippen LogP contribution is 2.16. The molecule has 8 nitrogen and oxygen atoms in total. The van der Waals surface area contributed by atoms with Gasteiger partial charge in [-0.05, 0) is 25.5 Å². The first kappa shape index (κ1) is 17.0. The Hall–Kier alpha value is -2.79. The minimum Gasteiger partial charge on any atom is -0.354 e. The average molecular weight is 340 g/mol. The number of aromatic nitrogens is 4. The lowest BCUT2D eigenvalue weighted by molar-refractivity contribution is -0.127. The summed E-state index contributed by atoms with van der Waals surface area (Å²) in [5.74, 6) is 3.81. The Labute approximate surface area is 146 Å². The molecule has 0 saturated carbocycles. The second-order valence-electron chi connectivity index (χ2n) is 5.81. The Balaban J connectivity index is 1.50. The molecule has 0 aliphatic carbocycles. The standard InChI is InChI=1S/C17H20N6O2/c1-2-11-23-12-4-3-6-13(23)17(24)20-10-7-14-21-16(22-25-14)15-18-8-5-9-19-15/h1,5,8-9,13H,3-4,6-7,10-12H2,(H,20,24).